The molecule has 0 aromatic rings. The molecule has 7 heavy (non-hydrogen) atoms. The molecule has 0 radical (unpaired) electrons. The van der Waals surface area contributed by atoms with E-state index < -0.39 is 0 Å². The Balaban J connectivity index is 3.40. The monoisotopic (exact) mass is 114 g/mol. The third-order valence-electron chi connectivity index (χ3n) is 0.566. The highest BCUT2D eigenvalue weighted by Crippen LogP contribution is 1.80. The van der Waals surface area contributed by atoms with Gasteiger partial charge in [0.05, 0.1) is 21.1 Å². The van der Waals surface area contributed by atoms with Crippen LogP contribution in [0, 0.1) is 12.0 Å². The van der Waals surface area contributed by atoms with E-state index in [1.54, 1.807) is 0 Å². The van der Waals surface area contributed by atoms with Crippen LogP contribution in [-0.2, 0) is 0 Å². The summed E-state index contributed by atoms with van der Waals surface area (Å²) < 4.78 is 0.997. The standard InChI is InChI=1S/C5H12NSi/c1-5-7-6(2,3)4/h1H,7H2,2-4H3/q+1. The first kappa shape index (κ1) is 6.74. The first-order valence-corrected chi connectivity index (χ1v) is 3.64. The van der Waals surface area contributed by atoms with Gasteiger partial charge in [0.2, 0.25) is 0 Å². The predicted octanol–water partition coefficient (Wildman–Crippen LogP) is -0.633. The van der Waals surface area contributed by atoms with Gasteiger partial charge in [-0.15, -0.1) is 6.42 Å². The summed E-state index contributed by atoms with van der Waals surface area (Å²) >= 11 is 0. The van der Waals surface area contributed by atoms with Crippen molar-refractivity contribution >= 4 is 9.68 Å². The molecule has 2 heteroatoms. The zero-order chi connectivity index (χ0) is 5.91. The Morgan fingerprint density at radius 3 is 1.86 bits per heavy atom. The molecule has 0 saturated heterocycles. The van der Waals surface area contributed by atoms with Crippen LogP contribution in [0.15, 0.2) is 0 Å². The molecule has 0 saturated carbocycles. The molecule has 0 bridgehead atoms. The molecule has 40 valence electrons. The van der Waals surface area contributed by atoms with Gasteiger partial charge < -0.3 is 4.15 Å². The molecule has 0 rings (SSSR count). The summed E-state index contributed by atoms with van der Waals surface area (Å²) in [5, 5.41) is 0. The Labute approximate surface area is 47.8 Å². The molecule has 0 fully saturated rings. The van der Waals surface area contributed by atoms with Crippen molar-refractivity contribution in [1.29, 1.82) is 0 Å². The summed E-state index contributed by atoms with van der Waals surface area (Å²) in [4.78, 5) is 0. The molecule has 0 aliphatic carbocycles. The SMILES string of the molecule is C#C[SiH2][N+](C)(C)C. The van der Waals surface area contributed by atoms with E-state index in [2.05, 4.69) is 26.7 Å². The highest BCUT2D eigenvalue weighted by Gasteiger charge is 2.01. The van der Waals surface area contributed by atoms with Gasteiger partial charge in [0.15, 0.2) is 0 Å². The van der Waals surface area contributed by atoms with Crippen molar-refractivity contribution in [1.82, 2.24) is 0 Å². The molecule has 0 aromatic heterocycles. The first-order chi connectivity index (χ1) is 3.06. The predicted molar refractivity (Wildman–Crippen MR) is 35.4 cm³/mol. The number of nitrogens with zero attached hydrogens (tertiary/aromatic N) is 1. The molecule has 0 heterocycles. The summed E-state index contributed by atoms with van der Waals surface area (Å²) in [5.74, 6) is 0. The molecule has 0 aromatic carbocycles. The van der Waals surface area contributed by atoms with Crippen LogP contribution in [0.1, 0.15) is 0 Å². The maximum Gasteiger partial charge on any atom is 0.335 e. The lowest BCUT2D eigenvalue weighted by Gasteiger charge is -2.20. The Morgan fingerprint density at radius 2 is 1.86 bits per heavy atom. The molecule has 0 unspecified atom stereocenters. The molecular weight excluding hydrogens is 102 g/mol. The minimum absolute atomic E-state index is 0.275. The topological polar surface area (TPSA) is 0 Å². The van der Waals surface area contributed by atoms with Crippen molar-refractivity contribution in [2.45, 2.75) is 0 Å². The molecule has 0 atom stereocenters. The normalized spacial score (nSPS) is 12.3. The van der Waals surface area contributed by atoms with Crippen LogP contribution >= 0.6 is 0 Å². The van der Waals surface area contributed by atoms with E-state index in [9.17, 15) is 0 Å². The summed E-state index contributed by atoms with van der Waals surface area (Å²) in [6.45, 7) is 0. The van der Waals surface area contributed by atoms with Crippen LogP contribution in [0.3, 0.4) is 0 Å². The van der Waals surface area contributed by atoms with Crippen LogP contribution in [-0.4, -0.2) is 35.0 Å². The minimum Gasteiger partial charge on any atom is -0.386 e. The Kier molecular flexibility index (Phi) is 2.07. The molecule has 0 aliphatic rings. The number of hydrogen-bond acceptors (Lipinski definition) is 0. The van der Waals surface area contributed by atoms with Gasteiger partial charge in [-0.3, -0.25) is 0 Å². The number of hydrogen-bond donors (Lipinski definition) is 0. The van der Waals surface area contributed by atoms with E-state index in [0.29, 0.717) is 0 Å². The summed E-state index contributed by atoms with van der Waals surface area (Å²) in [7, 11) is 6.12. The summed E-state index contributed by atoms with van der Waals surface area (Å²) in [6.07, 6.45) is 5.11. The molecule has 1 nitrogen and oxygen atoms in total. The Morgan fingerprint density at radius 1 is 1.43 bits per heavy atom. The Bertz CT molecular complexity index is 85.2. The summed E-state index contributed by atoms with van der Waals surface area (Å²) in [5.41, 5.74) is 2.72. The molecule has 0 spiro atoms. The van der Waals surface area contributed by atoms with Gasteiger partial charge in [0, 0.05) is 0 Å². The number of terminal acetylenes is 1. The zero-order valence-electron chi connectivity index (χ0n) is 5.23. The average Bonchev–Trinajstić information content (AvgIpc) is 1.30. The van der Waals surface area contributed by atoms with Crippen LogP contribution in [0.5, 0.6) is 0 Å². The highest BCUT2D eigenvalue weighted by atomic mass is 28.2. The van der Waals surface area contributed by atoms with Crippen LogP contribution < -0.4 is 0 Å². The lowest BCUT2D eigenvalue weighted by atomic mass is 11.0. The second-order valence-corrected chi connectivity index (χ2v) is 5.27. The second-order valence-electron chi connectivity index (χ2n) is 2.65. The minimum atomic E-state index is -0.275. The van der Waals surface area contributed by atoms with Gasteiger partial charge in [0.25, 0.3) is 0 Å². The van der Waals surface area contributed by atoms with E-state index in [1.165, 1.54) is 0 Å². The zero-order valence-corrected chi connectivity index (χ0v) is 6.65. The van der Waals surface area contributed by atoms with Gasteiger partial charge >= 0.3 is 9.68 Å². The smallest absolute Gasteiger partial charge is 0.335 e. The van der Waals surface area contributed by atoms with E-state index in [0.717, 1.165) is 4.15 Å². The van der Waals surface area contributed by atoms with Gasteiger partial charge in [-0.1, -0.05) is 5.54 Å². The largest absolute Gasteiger partial charge is 0.386 e. The second kappa shape index (κ2) is 2.15. The average molecular weight is 114 g/mol. The number of rotatable bonds is 1. The quantitative estimate of drug-likeness (QED) is 0.314. The van der Waals surface area contributed by atoms with Gasteiger partial charge in [-0.05, 0) is 0 Å². The maximum absolute atomic E-state index is 5.11. The summed E-state index contributed by atoms with van der Waals surface area (Å²) in [6, 6.07) is 0. The van der Waals surface area contributed by atoms with E-state index in [1.807, 2.05) is 0 Å². The van der Waals surface area contributed by atoms with E-state index >= 15 is 0 Å². The maximum atomic E-state index is 5.11. The fourth-order valence-electron chi connectivity index (χ4n) is 0.274. The highest BCUT2D eigenvalue weighted by molar-refractivity contribution is 6.37. The van der Waals surface area contributed by atoms with Crippen molar-refractivity contribution in [3.8, 4) is 12.0 Å². The fraction of sp³-hybridized carbons (Fsp3) is 0.600. The van der Waals surface area contributed by atoms with Crippen molar-refractivity contribution in [2.75, 3.05) is 21.1 Å². The molecular formula is C5H12NSi+. The van der Waals surface area contributed by atoms with Crippen LogP contribution in [0.4, 0.5) is 0 Å². The molecule has 0 amide bonds. The van der Waals surface area contributed by atoms with Crippen LogP contribution in [0.25, 0.3) is 0 Å². The Hall–Kier alpha value is -0.263. The van der Waals surface area contributed by atoms with Crippen LogP contribution in [0.2, 0.25) is 0 Å². The van der Waals surface area contributed by atoms with Crippen molar-refractivity contribution in [3.63, 3.8) is 0 Å². The van der Waals surface area contributed by atoms with E-state index in [4.69, 9.17) is 6.42 Å². The lowest BCUT2D eigenvalue weighted by molar-refractivity contribution is -0.753. The number of quaternary nitrogens is 1. The molecule has 0 N–H and O–H groups in total. The third kappa shape index (κ3) is 5.74. The van der Waals surface area contributed by atoms with Gasteiger partial charge in [0.1, 0.15) is 0 Å². The van der Waals surface area contributed by atoms with Crippen molar-refractivity contribution in [2.24, 2.45) is 0 Å². The first-order valence-electron chi connectivity index (χ1n) is 2.30. The van der Waals surface area contributed by atoms with Crippen molar-refractivity contribution < 1.29 is 4.15 Å². The third-order valence-corrected chi connectivity index (χ3v) is 1.70. The molecule has 0 aliphatic heterocycles. The van der Waals surface area contributed by atoms with Gasteiger partial charge in [-0.25, -0.2) is 0 Å². The van der Waals surface area contributed by atoms with E-state index in [-0.39, 0.29) is 9.68 Å². The lowest BCUT2D eigenvalue weighted by Crippen LogP contribution is -2.37. The van der Waals surface area contributed by atoms with Gasteiger partial charge in [-0.2, -0.15) is 0 Å². The fourth-order valence-corrected chi connectivity index (χ4v) is 0.822. The van der Waals surface area contributed by atoms with Crippen molar-refractivity contribution in [3.05, 3.63) is 0 Å².